The Hall–Kier alpha value is -0.580. The van der Waals surface area contributed by atoms with Crippen molar-refractivity contribution in [3.8, 4) is 5.75 Å². The van der Waals surface area contributed by atoms with E-state index in [4.69, 9.17) is 4.74 Å². The van der Waals surface area contributed by atoms with Gasteiger partial charge in [-0.25, -0.2) is 0 Å². The molecule has 2 rings (SSSR count). The molecule has 0 saturated carbocycles. The van der Waals surface area contributed by atoms with Gasteiger partial charge in [-0.05, 0) is 38.0 Å². The third kappa shape index (κ3) is 3.46. The first-order valence-electron chi connectivity index (χ1n) is 6.27. The summed E-state index contributed by atoms with van der Waals surface area (Å²) < 4.78 is 6.46. The molecule has 0 unspecified atom stereocenters. The van der Waals surface area contributed by atoms with Gasteiger partial charge >= 0.3 is 0 Å². The third-order valence-corrected chi connectivity index (χ3v) is 4.06. The first-order valence-corrected chi connectivity index (χ1v) is 7.07. The highest BCUT2D eigenvalue weighted by molar-refractivity contribution is 9.10. The summed E-state index contributed by atoms with van der Waals surface area (Å²) in [4.78, 5) is 2.36. The first kappa shape index (κ1) is 13.8. The molecule has 1 aliphatic heterocycles. The van der Waals surface area contributed by atoms with Gasteiger partial charge in [-0.1, -0.05) is 15.9 Å². The number of benzene rings is 1. The summed E-state index contributed by atoms with van der Waals surface area (Å²) >= 11 is 3.49. The average molecular weight is 314 g/mol. The number of hydrogen-bond acceptors (Lipinski definition) is 3. The van der Waals surface area contributed by atoms with E-state index in [1.807, 2.05) is 19.1 Å². The topological polar surface area (TPSA) is 32.7 Å². The highest BCUT2D eigenvalue weighted by Crippen LogP contribution is 2.27. The van der Waals surface area contributed by atoms with E-state index in [2.05, 4.69) is 26.9 Å². The number of aliphatic hydroxyl groups is 1. The Kier molecular flexibility index (Phi) is 4.30. The third-order valence-electron chi connectivity index (χ3n) is 3.57. The van der Waals surface area contributed by atoms with Crippen LogP contribution in [0.5, 0.6) is 5.75 Å². The maximum atomic E-state index is 9.94. The molecule has 18 heavy (non-hydrogen) atoms. The molecular formula is C14H20BrNO2. The van der Waals surface area contributed by atoms with Crippen molar-refractivity contribution in [3.05, 3.63) is 28.2 Å². The predicted molar refractivity (Wildman–Crippen MR) is 75.8 cm³/mol. The summed E-state index contributed by atoms with van der Waals surface area (Å²) in [5.74, 6) is 0.926. The first-order chi connectivity index (χ1) is 8.50. The van der Waals surface area contributed by atoms with Gasteiger partial charge in [-0.2, -0.15) is 0 Å². The Morgan fingerprint density at radius 1 is 1.39 bits per heavy atom. The summed E-state index contributed by atoms with van der Waals surface area (Å²) in [6, 6.07) is 6.08. The van der Waals surface area contributed by atoms with Gasteiger partial charge in [-0.15, -0.1) is 0 Å². The van der Waals surface area contributed by atoms with Crippen molar-refractivity contribution in [2.45, 2.75) is 31.9 Å². The number of piperidine rings is 1. The fraction of sp³-hybridized carbons (Fsp3) is 0.571. The highest BCUT2D eigenvalue weighted by atomic mass is 79.9. The van der Waals surface area contributed by atoms with Gasteiger partial charge in [0.25, 0.3) is 0 Å². The van der Waals surface area contributed by atoms with Crippen LogP contribution in [0.4, 0.5) is 0 Å². The molecule has 0 amide bonds. The van der Waals surface area contributed by atoms with Crippen molar-refractivity contribution in [3.63, 3.8) is 0 Å². The van der Waals surface area contributed by atoms with Gasteiger partial charge in [0.1, 0.15) is 5.75 Å². The van der Waals surface area contributed by atoms with Crippen LogP contribution in [-0.4, -0.2) is 35.8 Å². The second-order valence-electron chi connectivity index (χ2n) is 5.23. The lowest BCUT2D eigenvalue weighted by molar-refractivity contribution is -0.00742. The van der Waals surface area contributed by atoms with Gasteiger partial charge in [-0.3, -0.25) is 4.90 Å². The van der Waals surface area contributed by atoms with Gasteiger partial charge < -0.3 is 9.84 Å². The van der Waals surface area contributed by atoms with Gasteiger partial charge in [0.2, 0.25) is 0 Å². The van der Waals surface area contributed by atoms with Crippen LogP contribution >= 0.6 is 15.9 Å². The molecule has 3 nitrogen and oxygen atoms in total. The van der Waals surface area contributed by atoms with E-state index in [-0.39, 0.29) is 0 Å². The van der Waals surface area contributed by atoms with Crippen LogP contribution in [0.2, 0.25) is 0 Å². The molecule has 0 aromatic heterocycles. The van der Waals surface area contributed by atoms with E-state index in [9.17, 15) is 5.11 Å². The van der Waals surface area contributed by atoms with E-state index in [1.54, 1.807) is 7.11 Å². The Morgan fingerprint density at radius 3 is 2.67 bits per heavy atom. The fourth-order valence-corrected chi connectivity index (χ4v) is 2.71. The van der Waals surface area contributed by atoms with Crippen molar-refractivity contribution < 1.29 is 9.84 Å². The molecule has 1 aromatic carbocycles. The zero-order chi connectivity index (χ0) is 13.2. The van der Waals surface area contributed by atoms with Crippen molar-refractivity contribution in [1.29, 1.82) is 0 Å². The number of halogens is 1. The second kappa shape index (κ2) is 5.59. The van der Waals surface area contributed by atoms with Crippen LogP contribution in [0.15, 0.2) is 22.7 Å². The van der Waals surface area contributed by atoms with Crippen LogP contribution in [0.3, 0.4) is 0 Å². The van der Waals surface area contributed by atoms with E-state index < -0.39 is 5.60 Å². The summed E-state index contributed by atoms with van der Waals surface area (Å²) in [5.41, 5.74) is 0.700. The van der Waals surface area contributed by atoms with Crippen molar-refractivity contribution in [2.24, 2.45) is 0 Å². The summed E-state index contributed by atoms with van der Waals surface area (Å²) in [6.45, 7) is 4.66. The summed E-state index contributed by atoms with van der Waals surface area (Å²) in [6.07, 6.45) is 1.67. The van der Waals surface area contributed by atoms with Gasteiger partial charge in [0.05, 0.1) is 12.7 Å². The highest BCUT2D eigenvalue weighted by Gasteiger charge is 2.27. The lowest BCUT2D eigenvalue weighted by Gasteiger charge is -2.35. The number of likely N-dealkylation sites (tertiary alicyclic amines) is 1. The molecule has 1 heterocycles. The number of methoxy groups -OCH3 is 1. The second-order valence-corrected chi connectivity index (χ2v) is 6.14. The molecular weight excluding hydrogens is 294 g/mol. The minimum absolute atomic E-state index is 0.488. The number of rotatable bonds is 3. The van der Waals surface area contributed by atoms with Crippen LogP contribution in [0.1, 0.15) is 25.3 Å². The van der Waals surface area contributed by atoms with Gasteiger partial charge in [0, 0.05) is 29.7 Å². The van der Waals surface area contributed by atoms with Crippen molar-refractivity contribution in [2.75, 3.05) is 20.2 Å². The zero-order valence-corrected chi connectivity index (χ0v) is 12.5. The maximum absolute atomic E-state index is 9.94. The normalized spacial score (nSPS) is 19.8. The molecule has 1 aromatic rings. The SMILES string of the molecule is COc1ccc(Br)cc1CN1CCC(C)(O)CC1. The molecule has 1 saturated heterocycles. The molecule has 0 spiro atoms. The molecule has 4 heteroatoms. The molecule has 100 valence electrons. The van der Waals surface area contributed by atoms with Crippen LogP contribution in [0, 0.1) is 0 Å². The van der Waals surface area contributed by atoms with E-state index in [0.29, 0.717) is 0 Å². The Labute approximate surface area is 117 Å². The van der Waals surface area contributed by atoms with Crippen LogP contribution in [-0.2, 0) is 6.54 Å². The standard InChI is InChI=1S/C14H20BrNO2/c1-14(17)5-7-16(8-6-14)10-11-9-12(15)3-4-13(11)18-2/h3-4,9,17H,5-8,10H2,1-2H3. The van der Waals surface area contributed by atoms with E-state index in [0.717, 1.165) is 42.7 Å². The Bertz CT molecular complexity index is 410. The maximum Gasteiger partial charge on any atom is 0.123 e. The molecule has 0 aliphatic carbocycles. The molecule has 1 aliphatic rings. The van der Waals surface area contributed by atoms with E-state index >= 15 is 0 Å². The quantitative estimate of drug-likeness (QED) is 0.931. The zero-order valence-electron chi connectivity index (χ0n) is 10.9. The molecule has 0 atom stereocenters. The molecule has 0 bridgehead atoms. The lowest BCUT2D eigenvalue weighted by atomic mass is 9.93. The van der Waals surface area contributed by atoms with E-state index in [1.165, 1.54) is 5.56 Å². The molecule has 1 fully saturated rings. The monoisotopic (exact) mass is 313 g/mol. The van der Waals surface area contributed by atoms with Gasteiger partial charge in [0.15, 0.2) is 0 Å². The van der Waals surface area contributed by atoms with Crippen LogP contribution in [0.25, 0.3) is 0 Å². The lowest BCUT2D eigenvalue weighted by Crippen LogP contribution is -2.41. The minimum Gasteiger partial charge on any atom is -0.496 e. The average Bonchev–Trinajstić information content (AvgIpc) is 2.32. The predicted octanol–water partition coefficient (Wildman–Crippen LogP) is 2.80. The van der Waals surface area contributed by atoms with Crippen molar-refractivity contribution in [1.82, 2.24) is 4.90 Å². The summed E-state index contributed by atoms with van der Waals surface area (Å²) in [5, 5.41) is 9.94. The number of ether oxygens (including phenoxy) is 1. The Morgan fingerprint density at radius 2 is 2.06 bits per heavy atom. The fourth-order valence-electron chi connectivity index (χ4n) is 2.30. The Balaban J connectivity index is 2.04. The smallest absolute Gasteiger partial charge is 0.123 e. The van der Waals surface area contributed by atoms with Crippen molar-refractivity contribution >= 4 is 15.9 Å². The number of nitrogens with zero attached hydrogens (tertiary/aromatic N) is 1. The number of hydrogen-bond donors (Lipinski definition) is 1. The largest absolute Gasteiger partial charge is 0.496 e. The molecule has 0 radical (unpaired) electrons. The summed E-state index contributed by atoms with van der Waals surface area (Å²) in [7, 11) is 1.70. The molecule has 1 N–H and O–H groups in total. The minimum atomic E-state index is -0.488. The van der Waals surface area contributed by atoms with Crippen LogP contribution < -0.4 is 4.74 Å².